The molecule has 1 aromatic heterocycles. The molecule has 5 heteroatoms. The number of carbonyl (C=O) groups is 1. The number of thiazole rings is 1. The minimum absolute atomic E-state index is 0.362. The number of likely N-dealkylation sites (tertiary alicyclic amines) is 1. The summed E-state index contributed by atoms with van der Waals surface area (Å²) >= 11 is 1.70. The maximum atomic E-state index is 12.0. The van der Waals surface area contributed by atoms with Gasteiger partial charge < -0.3 is 10.2 Å². The van der Waals surface area contributed by atoms with E-state index in [0.29, 0.717) is 23.9 Å². The zero-order valence-electron chi connectivity index (χ0n) is 11.3. The number of hydrogen-bond donors (Lipinski definition) is 1. The Balaban J connectivity index is 1.46. The van der Waals surface area contributed by atoms with Gasteiger partial charge in [-0.15, -0.1) is 11.3 Å². The molecule has 1 aliphatic heterocycles. The third-order valence-electron chi connectivity index (χ3n) is 4.10. The minimum Gasteiger partial charge on any atom is -0.342 e. The largest absolute Gasteiger partial charge is 0.342 e. The molecule has 19 heavy (non-hydrogen) atoms. The summed E-state index contributed by atoms with van der Waals surface area (Å²) in [7, 11) is 0. The number of carbonyl (C=O) groups excluding carboxylic acids is 1. The highest BCUT2D eigenvalue weighted by Crippen LogP contribution is 2.32. The number of aromatic nitrogens is 1. The van der Waals surface area contributed by atoms with E-state index in [1.165, 1.54) is 4.88 Å². The van der Waals surface area contributed by atoms with Crippen molar-refractivity contribution in [1.82, 2.24) is 15.2 Å². The third kappa shape index (κ3) is 3.15. The molecule has 1 unspecified atom stereocenters. The lowest BCUT2D eigenvalue weighted by Crippen LogP contribution is -2.45. The average Bonchev–Trinajstić information content (AvgIpc) is 3.13. The average molecular weight is 279 g/mol. The number of rotatable bonds is 4. The van der Waals surface area contributed by atoms with Crippen LogP contribution in [-0.2, 0) is 4.79 Å². The Labute approximate surface area is 118 Å². The maximum Gasteiger partial charge on any atom is 0.225 e. The van der Waals surface area contributed by atoms with Crippen molar-refractivity contribution in [3.8, 4) is 0 Å². The van der Waals surface area contributed by atoms with Gasteiger partial charge in [0, 0.05) is 42.2 Å². The molecule has 0 radical (unpaired) electrons. The van der Waals surface area contributed by atoms with Crippen molar-refractivity contribution in [2.75, 3.05) is 13.1 Å². The second-order valence-corrected chi connectivity index (χ2v) is 6.58. The van der Waals surface area contributed by atoms with Crippen LogP contribution in [0.4, 0.5) is 0 Å². The van der Waals surface area contributed by atoms with Gasteiger partial charge in [0.15, 0.2) is 0 Å². The van der Waals surface area contributed by atoms with Gasteiger partial charge >= 0.3 is 0 Å². The highest BCUT2D eigenvalue weighted by atomic mass is 32.1. The molecule has 1 atom stereocenters. The minimum atomic E-state index is 0.362. The van der Waals surface area contributed by atoms with Crippen LogP contribution in [0, 0.1) is 5.92 Å². The van der Waals surface area contributed by atoms with Crippen molar-refractivity contribution < 1.29 is 4.79 Å². The molecule has 0 bridgehead atoms. The second-order valence-electron chi connectivity index (χ2n) is 5.67. The number of nitrogens with one attached hydrogen (secondary N) is 1. The summed E-state index contributed by atoms with van der Waals surface area (Å²) < 4.78 is 0. The van der Waals surface area contributed by atoms with E-state index >= 15 is 0 Å². The zero-order valence-corrected chi connectivity index (χ0v) is 12.2. The highest BCUT2D eigenvalue weighted by Gasteiger charge is 2.35. The smallest absolute Gasteiger partial charge is 0.225 e. The van der Waals surface area contributed by atoms with Crippen LogP contribution in [0.15, 0.2) is 11.7 Å². The number of nitrogens with zero attached hydrogens (tertiary/aromatic N) is 2. The van der Waals surface area contributed by atoms with E-state index < -0.39 is 0 Å². The molecule has 1 saturated heterocycles. The molecule has 2 fully saturated rings. The van der Waals surface area contributed by atoms with E-state index in [1.807, 2.05) is 11.7 Å². The van der Waals surface area contributed by atoms with Gasteiger partial charge in [-0.1, -0.05) is 0 Å². The van der Waals surface area contributed by atoms with Gasteiger partial charge in [0.25, 0.3) is 0 Å². The fourth-order valence-corrected chi connectivity index (χ4v) is 3.37. The van der Waals surface area contributed by atoms with E-state index in [-0.39, 0.29) is 0 Å². The first-order valence-corrected chi connectivity index (χ1v) is 8.05. The van der Waals surface area contributed by atoms with Gasteiger partial charge in [0.05, 0.1) is 5.51 Å². The van der Waals surface area contributed by atoms with Gasteiger partial charge in [0.2, 0.25) is 5.91 Å². The van der Waals surface area contributed by atoms with E-state index in [2.05, 4.69) is 22.1 Å². The quantitative estimate of drug-likeness (QED) is 0.919. The molecular formula is C14H21N3OS. The predicted molar refractivity (Wildman–Crippen MR) is 76.0 cm³/mol. The molecule has 4 nitrogen and oxygen atoms in total. The first kappa shape index (κ1) is 13.1. The molecule has 1 amide bonds. The standard InChI is InChI=1S/C14H21N3OS/c1-10(13-8-15-9-19-13)16-12-4-6-17(7-5-12)14(18)11-2-3-11/h8-12,16H,2-7H2,1H3. The molecule has 1 aromatic rings. The van der Waals surface area contributed by atoms with Crippen LogP contribution < -0.4 is 5.32 Å². The van der Waals surface area contributed by atoms with Crippen LogP contribution in [0.25, 0.3) is 0 Å². The highest BCUT2D eigenvalue weighted by molar-refractivity contribution is 7.09. The Morgan fingerprint density at radius 1 is 1.42 bits per heavy atom. The Morgan fingerprint density at radius 3 is 2.74 bits per heavy atom. The molecule has 0 aromatic carbocycles. The summed E-state index contributed by atoms with van der Waals surface area (Å²) in [6.45, 7) is 4.03. The van der Waals surface area contributed by atoms with Gasteiger partial charge in [0.1, 0.15) is 0 Å². The summed E-state index contributed by atoms with van der Waals surface area (Å²) in [5, 5.41) is 3.66. The Hall–Kier alpha value is -0.940. The zero-order chi connectivity index (χ0) is 13.2. The number of amides is 1. The van der Waals surface area contributed by atoms with Crippen LogP contribution in [0.1, 0.15) is 43.5 Å². The monoisotopic (exact) mass is 279 g/mol. The molecule has 3 rings (SSSR count). The maximum absolute atomic E-state index is 12.0. The van der Waals surface area contributed by atoms with Gasteiger partial charge in [-0.3, -0.25) is 9.78 Å². The summed E-state index contributed by atoms with van der Waals surface area (Å²) in [4.78, 5) is 19.4. The molecule has 2 heterocycles. The van der Waals surface area contributed by atoms with Crippen molar-refractivity contribution in [2.45, 2.75) is 44.7 Å². The van der Waals surface area contributed by atoms with Crippen LogP contribution >= 0.6 is 11.3 Å². The number of piperidine rings is 1. The fourth-order valence-electron chi connectivity index (χ4n) is 2.73. The lowest BCUT2D eigenvalue weighted by atomic mass is 10.0. The van der Waals surface area contributed by atoms with Crippen LogP contribution in [-0.4, -0.2) is 34.9 Å². The first-order chi connectivity index (χ1) is 9.24. The van der Waals surface area contributed by atoms with Crippen LogP contribution in [0.5, 0.6) is 0 Å². The topological polar surface area (TPSA) is 45.2 Å². The molecule has 2 aliphatic rings. The van der Waals surface area contributed by atoms with Crippen molar-refractivity contribution >= 4 is 17.2 Å². The Kier molecular flexibility index (Phi) is 3.84. The normalized spacial score (nSPS) is 22.5. The molecule has 1 N–H and O–H groups in total. The van der Waals surface area contributed by atoms with Crippen molar-refractivity contribution in [3.63, 3.8) is 0 Å². The summed E-state index contributed by atoms with van der Waals surface area (Å²) in [5.41, 5.74) is 1.88. The summed E-state index contributed by atoms with van der Waals surface area (Å²) in [5.74, 6) is 0.759. The van der Waals surface area contributed by atoms with E-state index in [1.54, 1.807) is 11.3 Å². The molecule has 1 aliphatic carbocycles. The Morgan fingerprint density at radius 2 is 2.16 bits per heavy atom. The molecule has 0 spiro atoms. The molecule has 1 saturated carbocycles. The SMILES string of the molecule is CC(NC1CCN(C(=O)C2CC2)CC1)c1cncs1. The van der Waals surface area contributed by atoms with Crippen LogP contribution in [0.3, 0.4) is 0 Å². The van der Waals surface area contributed by atoms with E-state index in [9.17, 15) is 4.79 Å². The lowest BCUT2D eigenvalue weighted by molar-refractivity contribution is -0.133. The van der Waals surface area contributed by atoms with Crippen molar-refractivity contribution in [1.29, 1.82) is 0 Å². The number of hydrogen-bond acceptors (Lipinski definition) is 4. The van der Waals surface area contributed by atoms with Crippen LogP contribution in [0.2, 0.25) is 0 Å². The predicted octanol–water partition coefficient (Wildman–Crippen LogP) is 2.19. The van der Waals surface area contributed by atoms with Crippen molar-refractivity contribution in [3.05, 3.63) is 16.6 Å². The lowest BCUT2D eigenvalue weighted by Gasteiger charge is -2.34. The van der Waals surface area contributed by atoms with Gasteiger partial charge in [-0.2, -0.15) is 0 Å². The van der Waals surface area contributed by atoms with E-state index in [0.717, 1.165) is 38.8 Å². The van der Waals surface area contributed by atoms with Gasteiger partial charge in [-0.25, -0.2) is 0 Å². The van der Waals surface area contributed by atoms with Crippen molar-refractivity contribution in [2.24, 2.45) is 5.92 Å². The van der Waals surface area contributed by atoms with Gasteiger partial charge in [-0.05, 0) is 32.6 Å². The fraction of sp³-hybridized carbons (Fsp3) is 0.714. The Bertz CT molecular complexity index is 422. The first-order valence-electron chi connectivity index (χ1n) is 7.17. The second kappa shape index (κ2) is 5.59. The molecule has 104 valence electrons. The molecular weight excluding hydrogens is 258 g/mol. The third-order valence-corrected chi connectivity index (χ3v) is 5.06. The van der Waals surface area contributed by atoms with E-state index in [4.69, 9.17) is 0 Å². The summed E-state index contributed by atoms with van der Waals surface area (Å²) in [6, 6.07) is 0.892. The summed E-state index contributed by atoms with van der Waals surface area (Å²) in [6.07, 6.45) is 6.30.